The van der Waals surface area contributed by atoms with E-state index in [0.29, 0.717) is 0 Å². The van der Waals surface area contributed by atoms with Gasteiger partial charge in [-0.25, -0.2) is 0 Å². The summed E-state index contributed by atoms with van der Waals surface area (Å²) < 4.78 is 0. The van der Waals surface area contributed by atoms with Crippen molar-refractivity contribution in [2.24, 2.45) is 5.73 Å². The molecule has 0 heterocycles. The molecule has 3 heteroatoms. The summed E-state index contributed by atoms with van der Waals surface area (Å²) in [7, 11) is 0. The number of nitrogens with two attached hydrogens (primary N) is 1. The van der Waals surface area contributed by atoms with Crippen molar-refractivity contribution in [3.05, 3.63) is 35.4 Å². The highest BCUT2D eigenvalue weighted by Gasteiger charge is 2.22. The SMILES string of the molecule is NCC(=O)NC1CCc2ccccc21. The molecule has 1 aromatic rings. The van der Waals surface area contributed by atoms with Crippen molar-refractivity contribution < 1.29 is 4.79 Å². The molecule has 1 aliphatic carbocycles. The lowest BCUT2D eigenvalue weighted by Gasteiger charge is -2.12. The number of aryl methyl sites for hydroxylation is 1. The fourth-order valence-electron chi connectivity index (χ4n) is 1.96. The third-order valence-electron chi connectivity index (χ3n) is 2.65. The van der Waals surface area contributed by atoms with E-state index in [2.05, 4.69) is 17.4 Å². The summed E-state index contributed by atoms with van der Waals surface area (Å²) in [4.78, 5) is 11.1. The standard InChI is InChI=1S/C11H14N2O/c12-7-11(14)13-10-6-5-8-3-1-2-4-9(8)10/h1-4,10H,5-7,12H2,(H,13,14). The zero-order valence-electron chi connectivity index (χ0n) is 7.99. The van der Waals surface area contributed by atoms with Crippen LogP contribution in [0.25, 0.3) is 0 Å². The first kappa shape index (κ1) is 9.21. The van der Waals surface area contributed by atoms with Gasteiger partial charge in [-0.05, 0) is 24.0 Å². The average molecular weight is 190 g/mol. The maximum absolute atomic E-state index is 11.1. The number of nitrogens with one attached hydrogen (secondary N) is 1. The fraction of sp³-hybridized carbons (Fsp3) is 0.364. The maximum Gasteiger partial charge on any atom is 0.234 e. The van der Waals surface area contributed by atoms with Crippen LogP contribution in [-0.2, 0) is 11.2 Å². The predicted molar refractivity (Wildman–Crippen MR) is 54.7 cm³/mol. The highest BCUT2D eigenvalue weighted by molar-refractivity contribution is 5.78. The van der Waals surface area contributed by atoms with Crippen LogP contribution < -0.4 is 11.1 Å². The van der Waals surface area contributed by atoms with Crippen molar-refractivity contribution in [3.8, 4) is 0 Å². The average Bonchev–Trinajstić information content (AvgIpc) is 2.62. The van der Waals surface area contributed by atoms with Gasteiger partial charge in [-0.1, -0.05) is 24.3 Å². The lowest BCUT2D eigenvalue weighted by Crippen LogP contribution is -2.32. The molecule has 2 rings (SSSR count). The van der Waals surface area contributed by atoms with E-state index in [-0.39, 0.29) is 18.5 Å². The summed E-state index contributed by atoms with van der Waals surface area (Å²) in [5.74, 6) is -0.0771. The van der Waals surface area contributed by atoms with Crippen molar-refractivity contribution in [2.45, 2.75) is 18.9 Å². The van der Waals surface area contributed by atoms with Crippen LogP contribution >= 0.6 is 0 Å². The Kier molecular flexibility index (Phi) is 2.50. The fourth-order valence-corrected chi connectivity index (χ4v) is 1.96. The van der Waals surface area contributed by atoms with Gasteiger partial charge in [0.1, 0.15) is 0 Å². The number of carbonyl (C=O) groups is 1. The van der Waals surface area contributed by atoms with Gasteiger partial charge in [0.25, 0.3) is 0 Å². The molecule has 1 amide bonds. The van der Waals surface area contributed by atoms with E-state index in [1.165, 1.54) is 11.1 Å². The zero-order valence-corrected chi connectivity index (χ0v) is 7.99. The minimum absolute atomic E-state index is 0.0681. The molecule has 1 unspecified atom stereocenters. The quantitative estimate of drug-likeness (QED) is 0.723. The molecular weight excluding hydrogens is 176 g/mol. The molecule has 1 atom stereocenters. The highest BCUT2D eigenvalue weighted by Crippen LogP contribution is 2.30. The maximum atomic E-state index is 11.1. The van der Waals surface area contributed by atoms with Crippen molar-refractivity contribution in [3.63, 3.8) is 0 Å². The largest absolute Gasteiger partial charge is 0.348 e. The van der Waals surface area contributed by atoms with Gasteiger partial charge in [-0.2, -0.15) is 0 Å². The molecule has 74 valence electrons. The molecule has 14 heavy (non-hydrogen) atoms. The van der Waals surface area contributed by atoms with Gasteiger partial charge in [0.05, 0.1) is 12.6 Å². The Morgan fingerprint density at radius 2 is 2.29 bits per heavy atom. The van der Waals surface area contributed by atoms with Crippen LogP contribution in [0.2, 0.25) is 0 Å². The summed E-state index contributed by atoms with van der Waals surface area (Å²) in [6, 6.07) is 8.40. The van der Waals surface area contributed by atoms with E-state index in [4.69, 9.17) is 5.73 Å². The van der Waals surface area contributed by atoms with E-state index in [1.807, 2.05) is 12.1 Å². The Hall–Kier alpha value is -1.35. The smallest absolute Gasteiger partial charge is 0.234 e. The number of fused-ring (bicyclic) bond motifs is 1. The van der Waals surface area contributed by atoms with E-state index in [9.17, 15) is 4.79 Å². The Labute approximate surface area is 83.3 Å². The molecule has 0 bridgehead atoms. The van der Waals surface area contributed by atoms with Gasteiger partial charge in [0.15, 0.2) is 0 Å². The van der Waals surface area contributed by atoms with Gasteiger partial charge in [0.2, 0.25) is 5.91 Å². The zero-order chi connectivity index (χ0) is 9.97. The Bertz CT molecular complexity index is 349. The summed E-state index contributed by atoms with van der Waals surface area (Å²) in [5.41, 5.74) is 7.85. The topological polar surface area (TPSA) is 55.1 Å². The molecule has 3 nitrogen and oxygen atoms in total. The third kappa shape index (κ3) is 1.63. The number of rotatable bonds is 2. The van der Waals surface area contributed by atoms with E-state index >= 15 is 0 Å². The first-order valence-electron chi connectivity index (χ1n) is 4.88. The van der Waals surface area contributed by atoms with Crippen molar-refractivity contribution in [1.29, 1.82) is 0 Å². The predicted octanol–water partition coefficient (Wildman–Crippen LogP) is 0.749. The number of hydrogen-bond acceptors (Lipinski definition) is 2. The van der Waals surface area contributed by atoms with E-state index in [1.54, 1.807) is 0 Å². The van der Waals surface area contributed by atoms with Gasteiger partial charge in [-0.3, -0.25) is 4.79 Å². The molecule has 0 saturated carbocycles. The number of amides is 1. The van der Waals surface area contributed by atoms with Gasteiger partial charge < -0.3 is 11.1 Å². The van der Waals surface area contributed by atoms with Crippen LogP contribution in [0.4, 0.5) is 0 Å². The molecule has 1 aliphatic rings. The van der Waals surface area contributed by atoms with Crippen LogP contribution in [0.15, 0.2) is 24.3 Å². The van der Waals surface area contributed by atoms with Crippen molar-refractivity contribution >= 4 is 5.91 Å². The summed E-state index contributed by atoms with van der Waals surface area (Å²) >= 11 is 0. The normalized spacial score (nSPS) is 19.1. The number of benzene rings is 1. The summed E-state index contributed by atoms with van der Waals surface area (Å²) in [5, 5.41) is 2.92. The minimum Gasteiger partial charge on any atom is -0.348 e. The molecule has 0 saturated heterocycles. The molecule has 1 aromatic carbocycles. The Balaban J connectivity index is 2.14. The lowest BCUT2D eigenvalue weighted by molar-refractivity contribution is -0.120. The van der Waals surface area contributed by atoms with Gasteiger partial charge >= 0.3 is 0 Å². The van der Waals surface area contributed by atoms with Crippen LogP contribution in [-0.4, -0.2) is 12.5 Å². The Morgan fingerprint density at radius 1 is 1.50 bits per heavy atom. The third-order valence-corrected chi connectivity index (χ3v) is 2.65. The van der Waals surface area contributed by atoms with E-state index < -0.39 is 0 Å². The molecule has 0 fully saturated rings. The van der Waals surface area contributed by atoms with E-state index in [0.717, 1.165) is 12.8 Å². The molecule has 3 N–H and O–H groups in total. The van der Waals surface area contributed by atoms with Crippen LogP contribution in [0.3, 0.4) is 0 Å². The highest BCUT2D eigenvalue weighted by atomic mass is 16.1. The Morgan fingerprint density at radius 3 is 3.07 bits per heavy atom. The second-order valence-electron chi connectivity index (χ2n) is 3.56. The second kappa shape index (κ2) is 3.80. The number of hydrogen-bond donors (Lipinski definition) is 2. The number of carbonyl (C=O) groups excluding carboxylic acids is 1. The molecule has 0 aliphatic heterocycles. The summed E-state index contributed by atoms with van der Waals surface area (Å²) in [6.45, 7) is 0.0681. The summed E-state index contributed by atoms with van der Waals surface area (Å²) in [6.07, 6.45) is 2.04. The van der Waals surface area contributed by atoms with Crippen LogP contribution in [0.1, 0.15) is 23.6 Å². The lowest BCUT2D eigenvalue weighted by atomic mass is 10.1. The molecule has 0 radical (unpaired) electrons. The van der Waals surface area contributed by atoms with Crippen LogP contribution in [0, 0.1) is 0 Å². The molecule has 0 aromatic heterocycles. The molecular formula is C11H14N2O. The first-order valence-corrected chi connectivity index (χ1v) is 4.88. The van der Waals surface area contributed by atoms with Gasteiger partial charge in [0, 0.05) is 0 Å². The first-order chi connectivity index (χ1) is 6.81. The van der Waals surface area contributed by atoms with Crippen molar-refractivity contribution in [2.75, 3.05) is 6.54 Å². The molecule has 0 spiro atoms. The van der Waals surface area contributed by atoms with Gasteiger partial charge in [-0.15, -0.1) is 0 Å². The second-order valence-corrected chi connectivity index (χ2v) is 3.56. The monoisotopic (exact) mass is 190 g/mol. The van der Waals surface area contributed by atoms with Crippen molar-refractivity contribution in [1.82, 2.24) is 5.32 Å². The van der Waals surface area contributed by atoms with Crippen LogP contribution in [0.5, 0.6) is 0 Å². The minimum atomic E-state index is -0.0771.